The van der Waals surface area contributed by atoms with Gasteiger partial charge in [-0.2, -0.15) is 0 Å². The smallest absolute Gasteiger partial charge is 0.189 e. The van der Waals surface area contributed by atoms with E-state index in [1.807, 2.05) is 0 Å². The predicted octanol–water partition coefficient (Wildman–Crippen LogP) is 3.64. The highest BCUT2D eigenvalue weighted by molar-refractivity contribution is 5.95. The maximum absolute atomic E-state index is 14.2. The third-order valence-electron chi connectivity index (χ3n) is 8.51. The van der Waals surface area contributed by atoms with Gasteiger partial charge >= 0.3 is 0 Å². The number of hydrogen-bond acceptors (Lipinski definition) is 3. The second-order valence-electron chi connectivity index (χ2n) is 9.38. The molecule has 1 unspecified atom stereocenters. The summed E-state index contributed by atoms with van der Waals surface area (Å²) in [6, 6.07) is 0. The van der Waals surface area contributed by atoms with Crippen molar-refractivity contribution in [2.24, 2.45) is 34.5 Å². The molecular weight excluding hydrogens is 319 g/mol. The van der Waals surface area contributed by atoms with E-state index in [0.29, 0.717) is 24.2 Å². The van der Waals surface area contributed by atoms with Crippen LogP contribution in [0.4, 0.5) is 4.39 Å². The van der Waals surface area contributed by atoms with Crippen LogP contribution in [0.5, 0.6) is 0 Å². The molecule has 0 aromatic carbocycles. The number of ketones is 2. The van der Waals surface area contributed by atoms with E-state index in [1.54, 1.807) is 6.08 Å². The van der Waals surface area contributed by atoms with Gasteiger partial charge in [0.2, 0.25) is 0 Å². The van der Waals surface area contributed by atoms with Gasteiger partial charge in [-0.05, 0) is 79.6 Å². The lowest BCUT2D eigenvalue weighted by Crippen LogP contribution is -2.52. The Morgan fingerprint density at radius 3 is 2.72 bits per heavy atom. The zero-order chi connectivity index (χ0) is 18.0. The van der Waals surface area contributed by atoms with Gasteiger partial charge in [-0.15, -0.1) is 0 Å². The van der Waals surface area contributed by atoms with Crippen molar-refractivity contribution in [3.8, 4) is 0 Å². The highest BCUT2D eigenvalue weighted by Crippen LogP contribution is 2.66. The highest BCUT2D eigenvalue weighted by atomic mass is 19.1. The first kappa shape index (κ1) is 17.4. The summed E-state index contributed by atoms with van der Waals surface area (Å²) in [4.78, 5) is 24.1. The number of aliphatic hydroxyl groups excluding tert-OH is 1. The van der Waals surface area contributed by atoms with Gasteiger partial charge in [0, 0.05) is 5.92 Å². The van der Waals surface area contributed by atoms with E-state index in [4.69, 9.17) is 0 Å². The predicted molar refractivity (Wildman–Crippen MR) is 92.6 cm³/mol. The molecule has 4 rings (SSSR count). The molecule has 3 fully saturated rings. The summed E-state index contributed by atoms with van der Waals surface area (Å²) in [5, 5.41) is 9.35. The van der Waals surface area contributed by atoms with Crippen molar-refractivity contribution in [1.29, 1.82) is 0 Å². The third kappa shape index (κ3) is 2.32. The summed E-state index contributed by atoms with van der Waals surface area (Å²) in [6.45, 7) is 4.06. The number of fused-ring (bicyclic) bond motifs is 5. The Balaban J connectivity index is 1.65. The quantitative estimate of drug-likeness (QED) is 0.829. The minimum Gasteiger partial charge on any atom is -0.389 e. The number of alkyl halides is 1. The fourth-order valence-corrected chi connectivity index (χ4v) is 7.22. The van der Waals surface area contributed by atoms with Gasteiger partial charge < -0.3 is 5.11 Å². The fraction of sp³-hybridized carbons (Fsp3) is 0.810. The molecule has 7 atom stereocenters. The summed E-state index contributed by atoms with van der Waals surface area (Å²) < 4.78 is 14.2. The monoisotopic (exact) mass is 348 g/mol. The van der Waals surface area contributed by atoms with Crippen LogP contribution in [0.2, 0.25) is 0 Å². The van der Waals surface area contributed by atoms with Crippen LogP contribution in [0.3, 0.4) is 0 Å². The summed E-state index contributed by atoms with van der Waals surface area (Å²) in [5.74, 6) is 1.05. The van der Waals surface area contributed by atoms with Gasteiger partial charge in [-0.1, -0.05) is 19.4 Å². The number of aliphatic hydroxyl groups is 1. The van der Waals surface area contributed by atoms with E-state index in [0.717, 1.165) is 44.1 Å². The van der Waals surface area contributed by atoms with Crippen molar-refractivity contribution in [1.82, 2.24) is 0 Å². The summed E-state index contributed by atoms with van der Waals surface area (Å²) >= 11 is 0. The van der Waals surface area contributed by atoms with Gasteiger partial charge in [0.15, 0.2) is 17.7 Å². The minimum atomic E-state index is -1.35. The number of halogens is 1. The molecule has 3 nitrogen and oxygen atoms in total. The van der Waals surface area contributed by atoms with Gasteiger partial charge in [0.05, 0.1) is 0 Å². The first-order valence-electron chi connectivity index (χ1n) is 9.84. The molecule has 138 valence electrons. The Kier molecular flexibility index (Phi) is 3.99. The Hall–Kier alpha value is -1.03. The maximum atomic E-state index is 14.2. The number of carbonyl (C=O) groups excluding carboxylic acids is 2. The Bertz CT molecular complexity index is 641. The van der Waals surface area contributed by atoms with E-state index in [2.05, 4.69) is 13.8 Å². The van der Waals surface area contributed by atoms with Gasteiger partial charge in [0.1, 0.15) is 6.61 Å². The first-order valence-corrected chi connectivity index (χ1v) is 9.84. The average Bonchev–Trinajstić information content (AvgIpc) is 2.93. The zero-order valence-electron chi connectivity index (χ0n) is 15.3. The molecule has 0 amide bonds. The summed E-state index contributed by atoms with van der Waals surface area (Å²) in [5.41, 5.74) is 0.951. The second kappa shape index (κ2) is 5.73. The molecule has 0 saturated heterocycles. The maximum Gasteiger partial charge on any atom is 0.189 e. The molecule has 0 heterocycles. The molecule has 3 saturated carbocycles. The number of rotatable bonds is 2. The van der Waals surface area contributed by atoms with Crippen LogP contribution in [-0.4, -0.2) is 29.5 Å². The van der Waals surface area contributed by atoms with Gasteiger partial charge in [0.25, 0.3) is 0 Å². The third-order valence-corrected chi connectivity index (χ3v) is 8.51. The van der Waals surface area contributed by atoms with Crippen molar-refractivity contribution >= 4 is 11.6 Å². The highest BCUT2D eigenvalue weighted by Gasteiger charge is 2.60. The standard InChI is InChI=1S/C21H29FO3/c1-20-8-7-15-13(14(20)5-6-16(20)19(25)11-23)4-3-12-9-18(24)17(22)10-21(12,15)2/h9,13-17,23H,3-8,10-11H2,1-2H3/t13-,14-,15-,16+,17?,20-,21-/m0/s1. The fourth-order valence-electron chi connectivity index (χ4n) is 7.22. The molecule has 0 aromatic rings. The molecule has 0 radical (unpaired) electrons. The number of Topliss-reactive ketones (excluding diaryl/α,β-unsaturated/α-hetero) is 1. The van der Waals surface area contributed by atoms with E-state index in [-0.39, 0.29) is 34.9 Å². The molecule has 4 heteroatoms. The molecule has 0 aromatic heterocycles. The normalized spacial score (nSPS) is 49.0. The molecule has 25 heavy (non-hydrogen) atoms. The average molecular weight is 348 g/mol. The molecule has 0 aliphatic heterocycles. The molecule has 0 bridgehead atoms. The second-order valence-corrected chi connectivity index (χ2v) is 9.38. The molecule has 0 spiro atoms. The topological polar surface area (TPSA) is 54.4 Å². The van der Waals surface area contributed by atoms with Crippen molar-refractivity contribution in [3.63, 3.8) is 0 Å². The lowest BCUT2D eigenvalue weighted by Gasteiger charge is -2.58. The summed E-state index contributed by atoms with van der Waals surface area (Å²) in [7, 11) is 0. The first-order chi connectivity index (χ1) is 11.8. The van der Waals surface area contributed by atoms with Crippen LogP contribution in [-0.2, 0) is 9.59 Å². The minimum absolute atomic E-state index is 0.00172. The van der Waals surface area contributed by atoms with E-state index in [9.17, 15) is 19.1 Å². The van der Waals surface area contributed by atoms with Gasteiger partial charge in [-0.25, -0.2) is 4.39 Å². The van der Waals surface area contributed by atoms with Crippen LogP contribution in [0.15, 0.2) is 11.6 Å². The lowest BCUT2D eigenvalue weighted by atomic mass is 9.46. The Morgan fingerprint density at radius 1 is 1.24 bits per heavy atom. The SMILES string of the molecule is C[C@]12CC[C@H]3[C@@H](CCC4=CC(=O)C(F)C[C@@]43C)[C@@H]1CC[C@@H]2C(=O)CO. The van der Waals surface area contributed by atoms with E-state index in [1.165, 1.54) is 0 Å². The van der Waals surface area contributed by atoms with Crippen molar-refractivity contribution in [2.45, 2.75) is 65.0 Å². The van der Waals surface area contributed by atoms with Crippen molar-refractivity contribution in [3.05, 3.63) is 11.6 Å². The molecule has 1 N–H and O–H groups in total. The largest absolute Gasteiger partial charge is 0.389 e. The number of carbonyl (C=O) groups is 2. The van der Waals surface area contributed by atoms with Crippen LogP contribution >= 0.6 is 0 Å². The van der Waals surface area contributed by atoms with Gasteiger partial charge in [-0.3, -0.25) is 9.59 Å². The van der Waals surface area contributed by atoms with Crippen LogP contribution in [0, 0.1) is 34.5 Å². The molecule has 4 aliphatic rings. The lowest BCUT2D eigenvalue weighted by molar-refractivity contribution is -0.134. The molecular formula is C21H29FO3. The van der Waals surface area contributed by atoms with E-state index >= 15 is 0 Å². The van der Waals surface area contributed by atoms with Crippen molar-refractivity contribution in [2.75, 3.05) is 6.61 Å². The Labute approximate surface area is 149 Å². The number of allylic oxidation sites excluding steroid dienone is 1. The Morgan fingerprint density at radius 2 is 2.00 bits per heavy atom. The van der Waals surface area contributed by atoms with Crippen LogP contribution in [0.25, 0.3) is 0 Å². The van der Waals surface area contributed by atoms with Crippen LogP contribution in [0.1, 0.15) is 58.8 Å². The zero-order valence-corrected chi connectivity index (χ0v) is 15.3. The van der Waals surface area contributed by atoms with Crippen molar-refractivity contribution < 1.29 is 19.1 Å². The van der Waals surface area contributed by atoms with Crippen LogP contribution < -0.4 is 0 Å². The number of hydrogen-bond donors (Lipinski definition) is 1. The van der Waals surface area contributed by atoms with E-state index < -0.39 is 6.17 Å². The summed E-state index contributed by atoms with van der Waals surface area (Å²) in [6.07, 6.45) is 6.43. The molecule has 4 aliphatic carbocycles.